The molecule has 1 saturated heterocycles. The smallest absolute Gasteiger partial charge is 0.302 e. The Morgan fingerprint density at radius 2 is 1.95 bits per heavy atom. The minimum absolute atomic E-state index is 0.0173. The van der Waals surface area contributed by atoms with Crippen LogP contribution < -0.4 is 0 Å². The second-order valence-electron chi connectivity index (χ2n) is 6.14. The molecule has 0 aliphatic carbocycles. The summed E-state index contributed by atoms with van der Waals surface area (Å²) in [6.45, 7) is 7.55. The largest absolute Gasteiger partial charge is 0.462 e. The first-order valence-electron chi connectivity index (χ1n) is 8.64. The lowest BCUT2D eigenvalue weighted by Crippen LogP contribution is -2.40. The van der Waals surface area contributed by atoms with E-state index in [0.717, 1.165) is 25.7 Å². The lowest BCUT2D eigenvalue weighted by Gasteiger charge is -2.37. The zero-order valence-corrected chi connectivity index (χ0v) is 14.4. The highest BCUT2D eigenvalue weighted by Crippen LogP contribution is 2.27. The molecular formula is C17H32O5. The SMILES string of the molecule is CCCC1OC(CC)CC(CC(CC(O)CC)OC(C)=O)O1. The number of ether oxygens (including phenoxy) is 3. The van der Waals surface area contributed by atoms with Gasteiger partial charge in [0.25, 0.3) is 0 Å². The van der Waals surface area contributed by atoms with Crippen molar-refractivity contribution in [3.05, 3.63) is 0 Å². The third-order valence-electron chi connectivity index (χ3n) is 4.06. The van der Waals surface area contributed by atoms with Crippen molar-refractivity contribution >= 4 is 5.97 Å². The molecule has 1 aliphatic heterocycles. The summed E-state index contributed by atoms with van der Waals surface area (Å²) in [5, 5.41) is 9.85. The summed E-state index contributed by atoms with van der Waals surface area (Å²) in [6, 6.07) is 0. The molecule has 0 amide bonds. The number of aliphatic hydroxyl groups excluding tert-OH is 1. The molecule has 1 rings (SSSR count). The van der Waals surface area contributed by atoms with E-state index in [4.69, 9.17) is 14.2 Å². The van der Waals surface area contributed by atoms with Crippen molar-refractivity contribution < 1.29 is 24.1 Å². The van der Waals surface area contributed by atoms with E-state index in [1.165, 1.54) is 6.92 Å². The second kappa shape index (κ2) is 10.2. The van der Waals surface area contributed by atoms with Gasteiger partial charge in [0, 0.05) is 26.2 Å². The summed E-state index contributed by atoms with van der Waals surface area (Å²) in [5.41, 5.74) is 0. The summed E-state index contributed by atoms with van der Waals surface area (Å²) < 4.78 is 17.3. The normalized spacial score (nSPS) is 28.1. The van der Waals surface area contributed by atoms with Crippen LogP contribution in [-0.4, -0.2) is 41.8 Å². The van der Waals surface area contributed by atoms with E-state index in [9.17, 15) is 9.90 Å². The topological polar surface area (TPSA) is 65.0 Å². The average molecular weight is 316 g/mol. The molecule has 1 heterocycles. The highest BCUT2D eigenvalue weighted by Gasteiger charge is 2.31. The van der Waals surface area contributed by atoms with Gasteiger partial charge < -0.3 is 19.3 Å². The summed E-state index contributed by atoms with van der Waals surface area (Å²) in [5.74, 6) is -0.308. The highest BCUT2D eigenvalue weighted by molar-refractivity contribution is 5.66. The number of esters is 1. The molecular weight excluding hydrogens is 284 g/mol. The predicted octanol–water partition coefficient (Wildman–Crippen LogP) is 3.18. The Morgan fingerprint density at radius 1 is 1.27 bits per heavy atom. The third kappa shape index (κ3) is 7.07. The van der Waals surface area contributed by atoms with Crippen molar-refractivity contribution in [2.75, 3.05) is 0 Å². The highest BCUT2D eigenvalue weighted by atomic mass is 16.7. The van der Waals surface area contributed by atoms with Gasteiger partial charge in [0.2, 0.25) is 0 Å². The van der Waals surface area contributed by atoms with Crippen molar-refractivity contribution in [3.63, 3.8) is 0 Å². The molecule has 0 spiro atoms. The van der Waals surface area contributed by atoms with E-state index < -0.39 is 6.10 Å². The van der Waals surface area contributed by atoms with Gasteiger partial charge in [0.1, 0.15) is 6.10 Å². The van der Waals surface area contributed by atoms with E-state index in [0.29, 0.717) is 19.3 Å². The summed E-state index contributed by atoms with van der Waals surface area (Å²) in [6.07, 6.45) is 4.71. The van der Waals surface area contributed by atoms with Gasteiger partial charge in [-0.1, -0.05) is 27.2 Å². The first kappa shape index (κ1) is 19.4. The molecule has 0 aromatic rings. The van der Waals surface area contributed by atoms with Gasteiger partial charge in [-0.2, -0.15) is 0 Å². The van der Waals surface area contributed by atoms with Gasteiger partial charge in [0.15, 0.2) is 6.29 Å². The maximum atomic E-state index is 11.3. The van der Waals surface area contributed by atoms with Crippen LogP contribution in [0.1, 0.15) is 72.6 Å². The fraction of sp³-hybridized carbons (Fsp3) is 0.941. The van der Waals surface area contributed by atoms with Gasteiger partial charge in [-0.3, -0.25) is 4.79 Å². The summed E-state index contributed by atoms with van der Waals surface area (Å²) >= 11 is 0. The van der Waals surface area contributed by atoms with Crippen LogP contribution in [-0.2, 0) is 19.0 Å². The number of rotatable bonds is 9. The first-order valence-corrected chi connectivity index (χ1v) is 8.64. The Hall–Kier alpha value is -0.650. The minimum atomic E-state index is -0.447. The number of carbonyl (C=O) groups is 1. The van der Waals surface area contributed by atoms with Crippen LogP contribution in [0.25, 0.3) is 0 Å². The van der Waals surface area contributed by atoms with E-state index in [1.54, 1.807) is 0 Å². The maximum absolute atomic E-state index is 11.3. The average Bonchev–Trinajstić information content (AvgIpc) is 2.46. The quantitative estimate of drug-likeness (QED) is 0.662. The fourth-order valence-electron chi connectivity index (χ4n) is 2.84. The third-order valence-corrected chi connectivity index (χ3v) is 4.06. The van der Waals surface area contributed by atoms with Crippen LogP contribution in [0, 0.1) is 0 Å². The summed E-state index contributed by atoms with van der Waals surface area (Å²) in [7, 11) is 0. The summed E-state index contributed by atoms with van der Waals surface area (Å²) in [4.78, 5) is 11.3. The molecule has 130 valence electrons. The maximum Gasteiger partial charge on any atom is 0.302 e. The van der Waals surface area contributed by atoms with Gasteiger partial charge in [-0.15, -0.1) is 0 Å². The molecule has 0 saturated carbocycles. The number of hydrogen-bond donors (Lipinski definition) is 1. The Labute approximate surface area is 134 Å². The van der Waals surface area contributed by atoms with Gasteiger partial charge in [0.05, 0.1) is 18.3 Å². The van der Waals surface area contributed by atoms with Crippen LogP contribution in [0.2, 0.25) is 0 Å². The molecule has 5 unspecified atom stereocenters. The van der Waals surface area contributed by atoms with Crippen molar-refractivity contribution in [1.82, 2.24) is 0 Å². The molecule has 5 heteroatoms. The van der Waals surface area contributed by atoms with Gasteiger partial charge >= 0.3 is 5.97 Å². The predicted molar refractivity (Wildman–Crippen MR) is 84.4 cm³/mol. The second-order valence-corrected chi connectivity index (χ2v) is 6.14. The Bertz CT molecular complexity index is 320. The molecule has 0 radical (unpaired) electrons. The van der Waals surface area contributed by atoms with E-state index in [1.807, 2.05) is 6.92 Å². The Kier molecular flexibility index (Phi) is 8.98. The van der Waals surface area contributed by atoms with Crippen LogP contribution in [0.5, 0.6) is 0 Å². The minimum Gasteiger partial charge on any atom is -0.462 e. The van der Waals surface area contributed by atoms with Crippen molar-refractivity contribution in [2.45, 2.75) is 103 Å². The number of aliphatic hydroxyl groups is 1. The number of hydrogen-bond acceptors (Lipinski definition) is 5. The van der Waals surface area contributed by atoms with Crippen molar-refractivity contribution in [1.29, 1.82) is 0 Å². The van der Waals surface area contributed by atoms with E-state index in [2.05, 4.69) is 13.8 Å². The Morgan fingerprint density at radius 3 is 2.50 bits per heavy atom. The molecule has 5 atom stereocenters. The molecule has 0 aromatic heterocycles. The molecule has 1 fully saturated rings. The Balaban J connectivity index is 2.62. The van der Waals surface area contributed by atoms with E-state index in [-0.39, 0.29) is 30.6 Å². The lowest BCUT2D eigenvalue weighted by atomic mass is 9.98. The first-order chi connectivity index (χ1) is 10.5. The van der Waals surface area contributed by atoms with Crippen molar-refractivity contribution in [3.8, 4) is 0 Å². The van der Waals surface area contributed by atoms with Gasteiger partial charge in [-0.05, 0) is 19.3 Å². The molecule has 22 heavy (non-hydrogen) atoms. The zero-order valence-electron chi connectivity index (χ0n) is 14.4. The molecule has 0 aromatic carbocycles. The van der Waals surface area contributed by atoms with Crippen LogP contribution in [0.15, 0.2) is 0 Å². The van der Waals surface area contributed by atoms with Crippen LogP contribution in [0.3, 0.4) is 0 Å². The van der Waals surface area contributed by atoms with Crippen molar-refractivity contribution in [2.24, 2.45) is 0 Å². The lowest BCUT2D eigenvalue weighted by molar-refractivity contribution is -0.250. The molecule has 1 aliphatic rings. The molecule has 1 N–H and O–H groups in total. The van der Waals surface area contributed by atoms with Crippen LogP contribution in [0.4, 0.5) is 0 Å². The zero-order chi connectivity index (χ0) is 16.5. The molecule has 5 nitrogen and oxygen atoms in total. The monoisotopic (exact) mass is 316 g/mol. The standard InChI is InChI=1S/C17H32O5/c1-5-8-17-21-14(7-3)10-16(22-17)11-15(20-12(4)18)9-13(19)6-2/h13-17,19H,5-11H2,1-4H3. The molecule has 0 bridgehead atoms. The fourth-order valence-corrected chi connectivity index (χ4v) is 2.84. The van der Waals surface area contributed by atoms with Gasteiger partial charge in [-0.25, -0.2) is 0 Å². The number of carbonyl (C=O) groups excluding carboxylic acids is 1. The van der Waals surface area contributed by atoms with Crippen LogP contribution >= 0.6 is 0 Å². The van der Waals surface area contributed by atoms with E-state index >= 15 is 0 Å².